The van der Waals surface area contributed by atoms with E-state index in [9.17, 15) is 14.0 Å². The second kappa shape index (κ2) is 10.8. The second-order valence-corrected chi connectivity index (χ2v) is 8.42. The Kier molecular flexibility index (Phi) is 7.34. The molecule has 1 heterocycles. The number of rotatable bonds is 8. The summed E-state index contributed by atoms with van der Waals surface area (Å²) in [7, 11) is 0. The fraction of sp³-hybridized carbons (Fsp3) is 0.120. The van der Waals surface area contributed by atoms with Crippen molar-refractivity contribution in [2.24, 2.45) is 0 Å². The fourth-order valence-electron chi connectivity index (χ4n) is 3.28. The van der Waals surface area contributed by atoms with Crippen molar-refractivity contribution < 1.29 is 14.0 Å². The lowest BCUT2D eigenvalue weighted by atomic mass is 10.2. The zero-order valence-electron chi connectivity index (χ0n) is 18.4. The number of halogens is 1. The van der Waals surface area contributed by atoms with Crippen LogP contribution in [0.1, 0.15) is 12.5 Å². The maximum absolute atomic E-state index is 13.4. The van der Waals surface area contributed by atoms with Crippen LogP contribution in [0.25, 0.3) is 11.4 Å². The third kappa shape index (κ3) is 6.08. The van der Waals surface area contributed by atoms with Crippen LogP contribution < -0.4 is 10.6 Å². The molecule has 4 rings (SSSR count). The van der Waals surface area contributed by atoms with E-state index in [2.05, 4.69) is 20.8 Å². The van der Waals surface area contributed by atoms with Crippen LogP contribution in [0.2, 0.25) is 0 Å². The monoisotopic (exact) mass is 475 g/mol. The summed E-state index contributed by atoms with van der Waals surface area (Å²) in [5.74, 6) is 0.0429. The van der Waals surface area contributed by atoms with Gasteiger partial charge in [-0.2, -0.15) is 0 Å². The van der Waals surface area contributed by atoms with Crippen LogP contribution in [-0.4, -0.2) is 32.3 Å². The predicted molar refractivity (Wildman–Crippen MR) is 131 cm³/mol. The molecule has 34 heavy (non-hydrogen) atoms. The van der Waals surface area contributed by atoms with Crippen LogP contribution >= 0.6 is 11.8 Å². The Hall–Kier alpha value is -3.98. The zero-order chi connectivity index (χ0) is 23.9. The van der Waals surface area contributed by atoms with Crippen LogP contribution in [0.15, 0.2) is 84.0 Å². The molecular formula is C25H22FN5O2S. The minimum atomic E-state index is -0.325. The van der Waals surface area contributed by atoms with Crippen molar-refractivity contribution in [1.29, 1.82) is 0 Å². The molecule has 0 aliphatic heterocycles. The molecule has 7 nitrogen and oxygen atoms in total. The molecular weight excluding hydrogens is 453 g/mol. The van der Waals surface area contributed by atoms with Gasteiger partial charge in [-0.25, -0.2) is 4.39 Å². The third-order valence-electron chi connectivity index (χ3n) is 4.82. The van der Waals surface area contributed by atoms with Crippen LogP contribution in [0, 0.1) is 5.82 Å². The summed E-state index contributed by atoms with van der Waals surface area (Å²) in [4.78, 5) is 23.7. The molecule has 2 N–H and O–H groups in total. The van der Waals surface area contributed by atoms with Crippen LogP contribution in [0.5, 0.6) is 0 Å². The van der Waals surface area contributed by atoms with Gasteiger partial charge in [0.05, 0.1) is 12.3 Å². The number of hydrogen-bond donors (Lipinski definition) is 2. The van der Waals surface area contributed by atoms with E-state index in [1.54, 1.807) is 36.4 Å². The summed E-state index contributed by atoms with van der Waals surface area (Å²) in [5.41, 5.74) is 3.07. The fourth-order valence-corrected chi connectivity index (χ4v) is 4.02. The van der Waals surface area contributed by atoms with Gasteiger partial charge in [0.1, 0.15) is 5.82 Å². The molecule has 0 aliphatic carbocycles. The Morgan fingerprint density at radius 2 is 1.53 bits per heavy atom. The van der Waals surface area contributed by atoms with Crippen molar-refractivity contribution in [2.75, 3.05) is 16.4 Å². The van der Waals surface area contributed by atoms with Gasteiger partial charge >= 0.3 is 0 Å². The summed E-state index contributed by atoms with van der Waals surface area (Å²) in [6.07, 6.45) is 0. The van der Waals surface area contributed by atoms with Crippen LogP contribution in [-0.2, 0) is 16.1 Å². The van der Waals surface area contributed by atoms with Gasteiger partial charge < -0.3 is 10.6 Å². The molecule has 0 fully saturated rings. The number of anilines is 2. The first-order chi connectivity index (χ1) is 16.5. The number of aromatic nitrogens is 3. The molecule has 3 aromatic carbocycles. The molecule has 2 amide bonds. The summed E-state index contributed by atoms with van der Waals surface area (Å²) in [6.45, 7) is 1.94. The molecule has 172 valence electrons. The van der Waals surface area contributed by atoms with Gasteiger partial charge in [-0.05, 0) is 54.1 Å². The third-order valence-corrected chi connectivity index (χ3v) is 5.79. The van der Waals surface area contributed by atoms with Crippen molar-refractivity contribution in [2.45, 2.75) is 18.6 Å². The Balaban J connectivity index is 1.48. The number of hydrogen-bond acceptors (Lipinski definition) is 5. The van der Waals surface area contributed by atoms with E-state index in [4.69, 9.17) is 0 Å². The molecule has 0 unspecified atom stereocenters. The number of carbonyl (C=O) groups is 2. The summed E-state index contributed by atoms with van der Waals surface area (Å²) >= 11 is 1.27. The maximum atomic E-state index is 13.4. The van der Waals surface area contributed by atoms with Gasteiger partial charge in [-0.3, -0.25) is 14.2 Å². The Morgan fingerprint density at radius 1 is 0.882 bits per heavy atom. The molecule has 0 spiro atoms. The highest BCUT2D eigenvalue weighted by atomic mass is 32.2. The Labute approximate surface area is 200 Å². The molecule has 9 heteroatoms. The molecule has 0 saturated heterocycles. The van der Waals surface area contributed by atoms with E-state index in [1.807, 2.05) is 34.9 Å². The van der Waals surface area contributed by atoms with Crippen LogP contribution in [0.3, 0.4) is 0 Å². The van der Waals surface area contributed by atoms with Crippen molar-refractivity contribution in [3.63, 3.8) is 0 Å². The number of nitrogens with one attached hydrogen (secondary N) is 2. The van der Waals surface area contributed by atoms with E-state index in [0.717, 1.165) is 11.1 Å². The summed E-state index contributed by atoms with van der Waals surface area (Å²) in [6, 6.07) is 22.8. The topological polar surface area (TPSA) is 88.9 Å². The largest absolute Gasteiger partial charge is 0.326 e. The molecule has 0 atom stereocenters. The van der Waals surface area contributed by atoms with E-state index >= 15 is 0 Å². The second-order valence-electron chi connectivity index (χ2n) is 7.48. The molecule has 0 saturated carbocycles. The average molecular weight is 476 g/mol. The van der Waals surface area contributed by atoms with E-state index in [0.29, 0.717) is 28.9 Å². The Morgan fingerprint density at radius 3 is 2.18 bits per heavy atom. The predicted octanol–water partition coefficient (Wildman–Crippen LogP) is 4.82. The van der Waals surface area contributed by atoms with Crippen molar-refractivity contribution >= 4 is 35.0 Å². The zero-order valence-corrected chi connectivity index (χ0v) is 19.2. The van der Waals surface area contributed by atoms with E-state index < -0.39 is 0 Å². The molecule has 4 aromatic rings. The summed E-state index contributed by atoms with van der Waals surface area (Å²) < 4.78 is 15.3. The van der Waals surface area contributed by atoms with Crippen LogP contribution in [0.4, 0.5) is 15.8 Å². The highest BCUT2D eigenvalue weighted by molar-refractivity contribution is 7.99. The van der Waals surface area contributed by atoms with Gasteiger partial charge in [-0.1, -0.05) is 42.1 Å². The Bertz CT molecular complexity index is 1280. The first-order valence-corrected chi connectivity index (χ1v) is 11.5. The number of carbonyl (C=O) groups excluding carboxylic acids is 2. The normalized spacial score (nSPS) is 10.6. The standard InChI is InChI=1S/C25H22FN5O2S/c1-17(32)27-21-11-13-22(14-12-21)28-23(33)16-34-25-30-29-24(19-7-9-20(26)10-8-19)31(25)15-18-5-3-2-4-6-18/h2-14H,15-16H2,1H3,(H,27,32)(H,28,33). The first-order valence-electron chi connectivity index (χ1n) is 10.5. The maximum Gasteiger partial charge on any atom is 0.234 e. The van der Waals surface area contributed by atoms with Gasteiger partial charge in [-0.15, -0.1) is 10.2 Å². The molecule has 1 aromatic heterocycles. The van der Waals surface area contributed by atoms with Crippen molar-refractivity contribution in [3.05, 3.63) is 90.2 Å². The quantitative estimate of drug-likeness (QED) is 0.357. The van der Waals surface area contributed by atoms with Crippen molar-refractivity contribution in [3.8, 4) is 11.4 Å². The highest BCUT2D eigenvalue weighted by Crippen LogP contribution is 2.26. The number of thioether (sulfide) groups is 1. The minimum Gasteiger partial charge on any atom is -0.326 e. The van der Waals surface area contributed by atoms with E-state index in [1.165, 1.54) is 30.8 Å². The lowest BCUT2D eigenvalue weighted by Gasteiger charge is -2.11. The lowest BCUT2D eigenvalue weighted by Crippen LogP contribution is -2.15. The van der Waals surface area contributed by atoms with Gasteiger partial charge in [0.2, 0.25) is 11.8 Å². The first kappa shape index (κ1) is 23.2. The number of benzene rings is 3. The van der Waals surface area contributed by atoms with Gasteiger partial charge in [0, 0.05) is 23.9 Å². The van der Waals surface area contributed by atoms with Gasteiger partial charge in [0.25, 0.3) is 0 Å². The average Bonchev–Trinajstić information content (AvgIpc) is 3.22. The number of nitrogens with zero attached hydrogens (tertiary/aromatic N) is 3. The van der Waals surface area contributed by atoms with Crippen molar-refractivity contribution in [1.82, 2.24) is 14.8 Å². The molecule has 0 bridgehead atoms. The minimum absolute atomic E-state index is 0.129. The lowest BCUT2D eigenvalue weighted by molar-refractivity contribution is -0.114. The smallest absolute Gasteiger partial charge is 0.234 e. The number of amides is 2. The van der Waals surface area contributed by atoms with E-state index in [-0.39, 0.29) is 23.4 Å². The SMILES string of the molecule is CC(=O)Nc1ccc(NC(=O)CSc2nnc(-c3ccc(F)cc3)n2Cc2ccccc2)cc1. The van der Waals surface area contributed by atoms with Gasteiger partial charge in [0.15, 0.2) is 11.0 Å². The summed E-state index contributed by atoms with van der Waals surface area (Å²) in [5, 5.41) is 14.7. The highest BCUT2D eigenvalue weighted by Gasteiger charge is 2.16. The molecule has 0 aliphatic rings. The molecule has 0 radical (unpaired) electrons.